The average Bonchev–Trinajstić information content (AvgIpc) is 3.28. The summed E-state index contributed by atoms with van der Waals surface area (Å²) >= 11 is 0. The van der Waals surface area contributed by atoms with E-state index in [0.29, 0.717) is 17.8 Å². The Kier molecular flexibility index (Phi) is 6.83. The van der Waals surface area contributed by atoms with Gasteiger partial charge in [0.15, 0.2) is 0 Å². The molecule has 1 aromatic rings. The van der Waals surface area contributed by atoms with Crippen LogP contribution in [0, 0.1) is 23.6 Å². The van der Waals surface area contributed by atoms with Crippen molar-refractivity contribution >= 4 is 0 Å². The van der Waals surface area contributed by atoms with Gasteiger partial charge in [0, 0.05) is 58.3 Å². The highest BCUT2D eigenvalue weighted by atomic mass is 19.1. The SMILES string of the molecule is C[C@@H]1CN(C[C@H]2CN(CC3CNNC3c3cccc(F)c3)C[C@H]2CO)C[C@H](C)O1. The largest absolute Gasteiger partial charge is 0.396 e. The molecule has 0 bridgehead atoms. The Morgan fingerprint density at radius 3 is 2.45 bits per heavy atom. The summed E-state index contributed by atoms with van der Waals surface area (Å²) in [6.45, 7) is 11.2. The molecule has 0 aromatic heterocycles. The Bertz CT molecular complexity index is 668. The quantitative estimate of drug-likeness (QED) is 0.661. The first-order chi connectivity index (χ1) is 14.0. The van der Waals surface area contributed by atoms with Crippen LogP contribution in [-0.2, 0) is 4.74 Å². The molecule has 3 aliphatic heterocycles. The minimum atomic E-state index is -0.189. The van der Waals surface area contributed by atoms with E-state index in [-0.39, 0.29) is 30.7 Å². The second-order valence-corrected chi connectivity index (χ2v) is 9.22. The van der Waals surface area contributed by atoms with Gasteiger partial charge < -0.3 is 14.7 Å². The molecule has 4 rings (SSSR count). The van der Waals surface area contributed by atoms with Crippen LogP contribution in [0.15, 0.2) is 24.3 Å². The predicted octanol–water partition coefficient (Wildman–Crippen LogP) is 1.24. The van der Waals surface area contributed by atoms with Crippen molar-refractivity contribution in [2.45, 2.75) is 32.1 Å². The standard InChI is InChI=1S/C22H35FN4O2/c1-15-8-26(9-16(2)29-15)11-19-12-27(13-20(19)14-28)10-18-7-24-25-22(18)17-4-3-5-21(23)6-17/h3-6,15-16,18-20,22,24-25,28H,7-14H2,1-2H3/t15-,16+,18?,19-,20-,22?/m0/s1. The van der Waals surface area contributed by atoms with E-state index in [1.54, 1.807) is 12.1 Å². The number of nitrogens with zero attached hydrogens (tertiary/aromatic N) is 2. The number of morpholine rings is 1. The highest BCUT2D eigenvalue weighted by molar-refractivity contribution is 5.22. The molecular formula is C22H35FN4O2. The predicted molar refractivity (Wildman–Crippen MR) is 111 cm³/mol. The maximum atomic E-state index is 13.7. The summed E-state index contributed by atoms with van der Waals surface area (Å²) < 4.78 is 19.5. The van der Waals surface area contributed by atoms with E-state index in [1.807, 2.05) is 6.07 Å². The van der Waals surface area contributed by atoms with Crippen molar-refractivity contribution in [3.05, 3.63) is 35.6 Å². The van der Waals surface area contributed by atoms with E-state index >= 15 is 0 Å². The zero-order valence-corrected chi connectivity index (χ0v) is 17.6. The lowest BCUT2D eigenvalue weighted by molar-refractivity contribution is -0.0727. The number of hydrogen-bond donors (Lipinski definition) is 3. The lowest BCUT2D eigenvalue weighted by Gasteiger charge is -2.37. The van der Waals surface area contributed by atoms with Crippen LogP contribution in [-0.4, -0.2) is 79.5 Å². The van der Waals surface area contributed by atoms with Crippen molar-refractivity contribution in [2.24, 2.45) is 17.8 Å². The Hall–Kier alpha value is -1.09. The Morgan fingerprint density at radius 2 is 1.72 bits per heavy atom. The van der Waals surface area contributed by atoms with E-state index < -0.39 is 0 Å². The van der Waals surface area contributed by atoms with Gasteiger partial charge in [0.25, 0.3) is 0 Å². The number of halogens is 1. The van der Waals surface area contributed by atoms with Gasteiger partial charge in [-0.2, -0.15) is 0 Å². The Balaban J connectivity index is 1.36. The molecule has 3 saturated heterocycles. The van der Waals surface area contributed by atoms with Crippen molar-refractivity contribution in [3.8, 4) is 0 Å². The Labute approximate surface area is 173 Å². The number of ether oxygens (including phenoxy) is 1. The molecule has 1 aromatic carbocycles. The number of aliphatic hydroxyl groups is 1. The molecule has 0 radical (unpaired) electrons. The minimum absolute atomic E-state index is 0.110. The first-order valence-corrected chi connectivity index (χ1v) is 11.0. The van der Waals surface area contributed by atoms with E-state index in [0.717, 1.165) is 51.4 Å². The summed E-state index contributed by atoms with van der Waals surface area (Å²) in [6, 6.07) is 7.00. The number of nitrogens with one attached hydrogen (secondary N) is 2. The van der Waals surface area contributed by atoms with Crippen molar-refractivity contribution in [1.29, 1.82) is 0 Å². The van der Waals surface area contributed by atoms with E-state index in [2.05, 4.69) is 34.5 Å². The number of rotatable bonds is 6. The molecule has 6 nitrogen and oxygen atoms in total. The van der Waals surface area contributed by atoms with Crippen molar-refractivity contribution in [1.82, 2.24) is 20.7 Å². The summed E-state index contributed by atoms with van der Waals surface area (Å²) in [6.07, 6.45) is 0.540. The van der Waals surface area contributed by atoms with Crippen molar-refractivity contribution < 1.29 is 14.2 Å². The van der Waals surface area contributed by atoms with Crippen molar-refractivity contribution in [3.63, 3.8) is 0 Å². The van der Waals surface area contributed by atoms with Gasteiger partial charge in [0.1, 0.15) is 5.82 Å². The van der Waals surface area contributed by atoms with Gasteiger partial charge in [0.2, 0.25) is 0 Å². The van der Waals surface area contributed by atoms with Gasteiger partial charge in [0.05, 0.1) is 18.2 Å². The fraction of sp³-hybridized carbons (Fsp3) is 0.727. The lowest BCUT2D eigenvalue weighted by atomic mass is 9.94. The summed E-state index contributed by atoms with van der Waals surface area (Å²) in [5.74, 6) is 0.981. The molecule has 0 aliphatic carbocycles. The monoisotopic (exact) mass is 406 g/mol. The van der Waals surface area contributed by atoms with Crippen LogP contribution in [0.5, 0.6) is 0 Å². The highest BCUT2D eigenvalue weighted by Crippen LogP contribution is 2.30. The normalized spacial score (nSPS) is 36.7. The zero-order valence-electron chi connectivity index (χ0n) is 17.6. The average molecular weight is 407 g/mol. The van der Waals surface area contributed by atoms with Crippen LogP contribution in [0.25, 0.3) is 0 Å². The van der Waals surface area contributed by atoms with Gasteiger partial charge >= 0.3 is 0 Å². The molecule has 162 valence electrons. The third-order valence-electron chi connectivity index (χ3n) is 6.67. The van der Waals surface area contributed by atoms with Crippen molar-refractivity contribution in [2.75, 3.05) is 52.4 Å². The Morgan fingerprint density at radius 1 is 1.03 bits per heavy atom. The fourth-order valence-electron chi connectivity index (χ4n) is 5.46. The van der Waals surface area contributed by atoms with Crippen LogP contribution < -0.4 is 10.9 Å². The van der Waals surface area contributed by atoms with Crippen LogP contribution in [0.3, 0.4) is 0 Å². The first-order valence-electron chi connectivity index (χ1n) is 11.0. The molecule has 3 aliphatic rings. The number of likely N-dealkylation sites (tertiary alicyclic amines) is 1. The number of hydrazine groups is 1. The maximum Gasteiger partial charge on any atom is 0.123 e. The molecule has 0 saturated carbocycles. The molecule has 0 spiro atoms. The van der Waals surface area contributed by atoms with Gasteiger partial charge in [-0.05, 0) is 43.4 Å². The first kappa shape index (κ1) is 21.2. The van der Waals surface area contributed by atoms with Crippen LogP contribution in [0.1, 0.15) is 25.5 Å². The minimum Gasteiger partial charge on any atom is -0.396 e. The van der Waals surface area contributed by atoms with Gasteiger partial charge in [-0.3, -0.25) is 10.3 Å². The summed E-state index contributed by atoms with van der Waals surface area (Å²) in [7, 11) is 0. The lowest BCUT2D eigenvalue weighted by Crippen LogP contribution is -2.48. The smallest absolute Gasteiger partial charge is 0.123 e. The molecule has 3 fully saturated rings. The van der Waals surface area contributed by atoms with E-state index in [1.165, 1.54) is 6.07 Å². The fourth-order valence-corrected chi connectivity index (χ4v) is 5.46. The third kappa shape index (κ3) is 5.16. The van der Waals surface area contributed by atoms with Crippen LogP contribution in [0.4, 0.5) is 4.39 Å². The molecular weight excluding hydrogens is 371 g/mol. The summed E-state index contributed by atoms with van der Waals surface area (Å²) in [5.41, 5.74) is 7.57. The van der Waals surface area contributed by atoms with E-state index in [4.69, 9.17) is 4.74 Å². The van der Waals surface area contributed by atoms with Gasteiger partial charge in [-0.25, -0.2) is 9.82 Å². The molecule has 0 amide bonds. The molecule has 29 heavy (non-hydrogen) atoms. The molecule has 3 heterocycles. The molecule has 7 heteroatoms. The van der Waals surface area contributed by atoms with Crippen LogP contribution >= 0.6 is 0 Å². The molecule has 6 atom stereocenters. The number of hydrogen-bond acceptors (Lipinski definition) is 6. The third-order valence-corrected chi connectivity index (χ3v) is 6.67. The highest BCUT2D eigenvalue weighted by Gasteiger charge is 2.38. The van der Waals surface area contributed by atoms with Crippen LogP contribution in [0.2, 0.25) is 0 Å². The maximum absolute atomic E-state index is 13.7. The summed E-state index contributed by atoms with van der Waals surface area (Å²) in [5, 5.41) is 9.97. The van der Waals surface area contributed by atoms with Gasteiger partial charge in [-0.15, -0.1) is 0 Å². The zero-order chi connectivity index (χ0) is 20.4. The number of benzene rings is 1. The number of aliphatic hydroxyl groups excluding tert-OH is 1. The van der Waals surface area contributed by atoms with Gasteiger partial charge in [-0.1, -0.05) is 12.1 Å². The second-order valence-electron chi connectivity index (χ2n) is 9.22. The topological polar surface area (TPSA) is 60.0 Å². The second kappa shape index (κ2) is 9.37. The molecule has 2 unspecified atom stereocenters. The summed E-state index contributed by atoms with van der Waals surface area (Å²) in [4.78, 5) is 4.99. The van der Waals surface area contributed by atoms with E-state index in [9.17, 15) is 9.50 Å². The molecule has 3 N–H and O–H groups in total.